The minimum atomic E-state index is -3.33. The predicted octanol–water partition coefficient (Wildman–Crippen LogP) is 8.42. The van der Waals surface area contributed by atoms with Crippen LogP contribution in [0.1, 0.15) is 163 Å². The second kappa shape index (κ2) is 25.9. The van der Waals surface area contributed by atoms with Gasteiger partial charge in [-0.1, -0.05) is 46.6 Å². The third-order valence-electron chi connectivity index (χ3n) is 17.1. The van der Waals surface area contributed by atoms with E-state index in [2.05, 4.69) is 78.5 Å². The van der Waals surface area contributed by atoms with Crippen molar-refractivity contribution in [3.63, 3.8) is 0 Å². The summed E-state index contributed by atoms with van der Waals surface area (Å²) < 4.78 is 74.4. The number of sulfone groups is 2. The summed E-state index contributed by atoms with van der Waals surface area (Å²) in [5.74, 6) is -1.26. The van der Waals surface area contributed by atoms with Crippen molar-refractivity contribution in [1.29, 1.82) is 0 Å². The average Bonchev–Trinajstić information content (AvgIpc) is 2.06. The molecule has 2 fully saturated rings. The number of amides is 4. The van der Waals surface area contributed by atoms with Gasteiger partial charge in [-0.25, -0.2) is 26.4 Å². The Morgan fingerprint density at radius 1 is 0.651 bits per heavy atom. The third kappa shape index (κ3) is 14.9. The van der Waals surface area contributed by atoms with Gasteiger partial charge < -0.3 is 48.8 Å². The normalized spacial score (nSPS) is 23.9. The van der Waals surface area contributed by atoms with Crippen LogP contribution in [0.4, 0.5) is 9.59 Å². The van der Waals surface area contributed by atoms with E-state index >= 15 is 0 Å². The molecule has 19 nitrogen and oxygen atoms in total. The van der Waals surface area contributed by atoms with E-state index in [1.165, 1.54) is 49.1 Å². The zero-order valence-corrected chi connectivity index (χ0v) is 51.7. The first-order valence-electron chi connectivity index (χ1n) is 28.9. The molecule has 6 aliphatic rings. The molecular formula is C61H82N4O15S3. The highest BCUT2D eigenvalue weighted by Gasteiger charge is 2.48. The van der Waals surface area contributed by atoms with Crippen LogP contribution in [-0.2, 0) is 50.4 Å². The lowest BCUT2D eigenvalue weighted by molar-refractivity contribution is -0.115. The summed E-state index contributed by atoms with van der Waals surface area (Å²) in [5.41, 5.74) is 4.75. The minimum Gasteiger partial charge on any atom is -0.484 e. The number of benzene rings is 2. The molecule has 0 bridgehead atoms. The van der Waals surface area contributed by atoms with Crippen LogP contribution in [0.15, 0.2) is 58.7 Å². The molecule has 0 saturated carbocycles. The van der Waals surface area contributed by atoms with Gasteiger partial charge in [-0.3, -0.25) is 14.4 Å². The van der Waals surface area contributed by atoms with E-state index in [9.17, 15) is 51.0 Å². The number of fused-ring (bicyclic) bond motifs is 6. The van der Waals surface area contributed by atoms with Crippen LogP contribution in [-0.4, -0.2) is 161 Å². The number of hydrogen-bond acceptors (Lipinski definition) is 15. The number of carbonyl (C=O) groups is 5. The minimum absolute atomic E-state index is 0.00575. The number of rotatable bonds is 20. The fourth-order valence-electron chi connectivity index (χ4n) is 11.7. The summed E-state index contributed by atoms with van der Waals surface area (Å²) >= 11 is 4.29. The highest BCUT2D eigenvalue weighted by atomic mass is 32.2. The van der Waals surface area contributed by atoms with E-state index in [-0.39, 0.29) is 123 Å². The van der Waals surface area contributed by atoms with Crippen molar-refractivity contribution >= 4 is 61.4 Å². The van der Waals surface area contributed by atoms with Crippen molar-refractivity contribution in [3.05, 3.63) is 92.1 Å². The maximum atomic E-state index is 14.7. The van der Waals surface area contributed by atoms with Crippen molar-refractivity contribution < 1.29 is 70.0 Å². The van der Waals surface area contributed by atoms with Gasteiger partial charge in [0.25, 0.3) is 11.8 Å². The first-order valence-corrected chi connectivity index (χ1v) is 33.0. The molecule has 0 aromatic heterocycles. The Balaban J connectivity index is 1.02. The van der Waals surface area contributed by atoms with Gasteiger partial charge >= 0.3 is 12.2 Å². The Hall–Kier alpha value is -5.68. The van der Waals surface area contributed by atoms with Crippen LogP contribution in [0.25, 0.3) is 0 Å². The molecule has 6 heterocycles. The van der Waals surface area contributed by atoms with E-state index in [0.29, 0.717) is 53.7 Å². The monoisotopic (exact) mass is 1210 g/mol. The number of aliphatic hydroxyl groups excluding tert-OH is 2. The Bertz CT molecular complexity index is 3230. The number of aliphatic hydroxyl groups is 2. The average molecular weight is 1210 g/mol. The van der Waals surface area contributed by atoms with E-state index in [1.54, 1.807) is 11.8 Å². The van der Waals surface area contributed by atoms with Gasteiger partial charge in [-0.2, -0.15) is 0 Å². The number of allylic oxidation sites excluding steroid dienone is 8. The van der Waals surface area contributed by atoms with Crippen molar-refractivity contribution in [2.24, 2.45) is 0 Å². The zero-order valence-electron chi connectivity index (χ0n) is 49.2. The second-order valence-electron chi connectivity index (χ2n) is 24.2. The highest BCUT2D eigenvalue weighted by molar-refractivity contribution is 7.96. The number of thiol groups is 1. The molecule has 0 unspecified atom stereocenters. The SMILES string of the molecule is CC(C)=CCC/C(C)=C/CC[C@@]1(C)Oc2c(c(OC(=O)N3CCS(=O)(=O)CC3)cc3c2CN(CCC[C@@H](C(=O)S)N2Cc4c(cc(OC(=O)N5CCS(=O)(=O)CC5)c5c4O[C@](C)(CC/C=C(\C)CCC=C(C)C)[C@@H](O)C5)C2=O)C3=O)C[C@@H]1O. The van der Waals surface area contributed by atoms with Crippen molar-refractivity contribution in [2.75, 3.05) is 55.7 Å². The molecular weight excluding hydrogens is 1120 g/mol. The van der Waals surface area contributed by atoms with Gasteiger partial charge in [0.05, 0.1) is 59.4 Å². The largest absolute Gasteiger partial charge is 0.484 e. The van der Waals surface area contributed by atoms with Crippen molar-refractivity contribution in [3.8, 4) is 23.0 Å². The van der Waals surface area contributed by atoms with Gasteiger partial charge in [0.1, 0.15) is 40.2 Å². The Morgan fingerprint density at radius 2 is 1.07 bits per heavy atom. The lowest BCUT2D eigenvalue weighted by Crippen LogP contribution is -2.49. The maximum absolute atomic E-state index is 14.7. The summed E-state index contributed by atoms with van der Waals surface area (Å²) in [4.78, 5) is 75.7. The molecule has 5 atom stereocenters. The van der Waals surface area contributed by atoms with Gasteiger partial charge in [-0.05, 0) is 132 Å². The third-order valence-corrected chi connectivity index (χ3v) is 20.6. The Labute approximate surface area is 494 Å². The van der Waals surface area contributed by atoms with Crippen LogP contribution in [0, 0.1) is 0 Å². The zero-order chi connectivity index (χ0) is 60.3. The van der Waals surface area contributed by atoms with Crippen molar-refractivity contribution in [1.82, 2.24) is 19.6 Å². The second-order valence-corrected chi connectivity index (χ2v) is 29.2. The molecule has 2 aromatic carbocycles. The summed E-state index contributed by atoms with van der Waals surface area (Å²) in [6.45, 7) is 15.8. The van der Waals surface area contributed by atoms with Gasteiger partial charge in [0.15, 0.2) is 19.7 Å². The smallest absolute Gasteiger partial charge is 0.415 e. The first-order chi connectivity index (χ1) is 39.1. The fourth-order valence-corrected chi connectivity index (χ4v) is 14.3. The van der Waals surface area contributed by atoms with Gasteiger partial charge in [0.2, 0.25) is 5.12 Å². The van der Waals surface area contributed by atoms with Crippen LogP contribution < -0.4 is 18.9 Å². The molecule has 0 radical (unpaired) electrons. The van der Waals surface area contributed by atoms with Crippen molar-refractivity contribution in [2.45, 2.75) is 175 Å². The molecule has 0 aliphatic carbocycles. The number of ether oxygens (including phenoxy) is 4. The topological polar surface area (TPSA) is 244 Å². The Kier molecular flexibility index (Phi) is 19.8. The highest BCUT2D eigenvalue weighted by Crippen LogP contribution is 2.49. The standard InChI is InChI=1S/C61H82N4O15S3/c1-38(2)14-9-16-40(5)18-11-21-60(7)51(66)34-44-49(77-58(71)62-24-28-82(73,74)29-25-62)32-42-46(53(44)79-60)36-64(55(42)68)23-13-20-48(57(70)81)65-37-47-43(56(65)69)33-50(78-59(72)63-26-30-83(75,76)31-27-63)45-35-52(67)61(8,80-54(45)47)22-12-19-41(6)17-10-15-39(3)4/h14-15,18-19,32-33,48,51-52,66-67H,9-13,16-17,20-31,34-37H2,1-8H3,(H,70,81)/b40-18+,41-19+/t48-,51-,52-,60+,61+/m0/s1. The molecule has 2 N–H and O–H groups in total. The van der Waals surface area contributed by atoms with Gasteiger partial charge in [-0.15, -0.1) is 12.6 Å². The number of nitrogens with zero attached hydrogens (tertiary/aromatic N) is 4. The first kappa shape index (κ1) is 63.3. The van der Waals surface area contributed by atoms with E-state index in [0.717, 1.165) is 25.7 Å². The fraction of sp³-hybridized carbons (Fsp3) is 0.590. The molecule has 4 amide bonds. The maximum Gasteiger partial charge on any atom is 0.415 e. The van der Waals surface area contributed by atoms with E-state index in [1.807, 2.05) is 6.92 Å². The summed E-state index contributed by atoms with van der Waals surface area (Å²) in [6, 6.07) is 1.81. The van der Waals surface area contributed by atoms with Gasteiger partial charge in [0, 0.05) is 67.8 Å². The van der Waals surface area contributed by atoms with E-state index in [4.69, 9.17) is 18.9 Å². The van der Waals surface area contributed by atoms with Crippen LogP contribution >= 0.6 is 12.6 Å². The lowest BCUT2D eigenvalue weighted by atomic mass is 9.84. The molecule has 454 valence electrons. The molecule has 83 heavy (non-hydrogen) atoms. The Morgan fingerprint density at radius 3 is 1.49 bits per heavy atom. The molecule has 2 saturated heterocycles. The van der Waals surface area contributed by atoms with Crippen LogP contribution in [0.3, 0.4) is 0 Å². The molecule has 6 aliphatic heterocycles. The van der Waals surface area contributed by atoms with Crippen LogP contribution in [0.2, 0.25) is 0 Å². The van der Waals surface area contributed by atoms with Crippen LogP contribution in [0.5, 0.6) is 23.0 Å². The lowest BCUT2D eigenvalue weighted by Gasteiger charge is -2.41. The number of hydrogen-bond donors (Lipinski definition) is 3. The molecule has 8 rings (SSSR count). The quantitative estimate of drug-likeness (QED) is 0.0832. The summed E-state index contributed by atoms with van der Waals surface area (Å²) in [5, 5.41) is 22.9. The molecule has 0 spiro atoms. The number of carbonyl (C=O) groups excluding carboxylic acids is 5. The predicted molar refractivity (Wildman–Crippen MR) is 318 cm³/mol. The molecule has 22 heteroatoms. The molecule has 2 aromatic rings. The van der Waals surface area contributed by atoms with E-state index < -0.39 is 78.2 Å². The summed E-state index contributed by atoms with van der Waals surface area (Å²) in [7, 11) is -6.64. The summed E-state index contributed by atoms with van der Waals surface area (Å²) in [6.07, 6.45) is 10.9.